The Hall–Kier alpha value is -0.761. The smallest absolute Gasteiger partial charge is 0.652 e. The Morgan fingerprint density at radius 2 is 0.500 bits per heavy atom. The molecule has 0 aliphatic heterocycles. The maximum Gasteiger partial charge on any atom is 4.00 e. The van der Waals surface area contributed by atoms with Gasteiger partial charge in [-0.25, -0.2) is 0 Å². The second-order valence-corrected chi connectivity index (χ2v) is 0.750. The van der Waals surface area contributed by atoms with Crippen LogP contribution in [0.15, 0.2) is 0 Å². The van der Waals surface area contributed by atoms with Crippen molar-refractivity contribution in [2.24, 2.45) is 0 Å². The minimum absolute atomic E-state index is 0. The largest absolute Gasteiger partial charge is 4.00 e. The van der Waals surface area contributed by atoms with Crippen molar-refractivity contribution in [1.82, 2.24) is 0 Å². The summed E-state index contributed by atoms with van der Waals surface area (Å²) in [4.78, 5) is 25.0. The van der Waals surface area contributed by atoms with Gasteiger partial charge >= 0.3 is 43.4 Å². The first kappa shape index (κ1) is 29.2. The van der Waals surface area contributed by atoms with Gasteiger partial charge in [0.2, 0.25) is 0 Å². The molecule has 0 heterocycles. The van der Waals surface area contributed by atoms with Crippen LogP contribution in [0.4, 0.5) is 14.4 Å². The molecular weight excluding hydrogens is 276 g/mol. The number of hydrogen-bond donors (Lipinski definition) is 0. The van der Waals surface area contributed by atoms with Gasteiger partial charge in [0.1, 0.15) is 0 Å². The molecule has 0 aromatic carbocycles. The molecule has 0 aromatic heterocycles. The summed E-state index contributed by atoms with van der Waals surface area (Å²) in [5.41, 5.74) is 0. The Morgan fingerprint density at radius 1 is 0.500 bits per heavy atom. The van der Waals surface area contributed by atoms with Gasteiger partial charge in [-0.1, -0.05) is 0 Å². The third kappa shape index (κ3) is 2030. The molecule has 0 radical (unpaired) electrons. The second-order valence-electron chi connectivity index (χ2n) is 0.750. The predicted molar refractivity (Wildman–Crippen MR) is 16.2 cm³/mol. The molecule has 0 unspecified atom stereocenters. The maximum atomic E-state index is 8.33. The van der Waals surface area contributed by atoms with Crippen molar-refractivity contribution in [3.05, 3.63) is 0 Å². The number of carbonyl (C=O) groups is 3. The molecule has 0 saturated heterocycles. The molecule has 0 fully saturated rings. The average molecular weight is 276 g/mol. The molecule has 0 rings (SSSR count). The van der Waals surface area contributed by atoms with Crippen LogP contribution in [0.5, 0.6) is 0 Å². The van der Waals surface area contributed by atoms with Crippen LogP contribution in [0.1, 0.15) is 0 Å². The van der Waals surface area contributed by atoms with E-state index in [1.807, 2.05) is 0 Å². The molecule has 0 saturated carbocycles. The van der Waals surface area contributed by atoms with Crippen LogP contribution in [-0.4, -0.2) is 18.5 Å². The zero-order chi connectivity index (χ0) is 10.7. The molecule has 14 heavy (non-hydrogen) atoms. The van der Waals surface area contributed by atoms with Gasteiger partial charge in [0.25, 0.3) is 0 Å². The molecule has 0 spiro atoms. The fraction of sp³-hybridized carbons (Fsp3) is 0. The number of carboxylic acid groups (broad SMARTS) is 6. The first-order valence-corrected chi connectivity index (χ1v) is 1.84. The Balaban J connectivity index is -0.0000000270. The standard InChI is InChI=1S/3CH2O3.2Ti/c3*2-1(3)4;;/h3*(H2,2,3,4);;/q;;;2*+4/p-6. The van der Waals surface area contributed by atoms with E-state index in [2.05, 4.69) is 0 Å². The van der Waals surface area contributed by atoms with Crippen LogP contribution in [0.2, 0.25) is 0 Å². The van der Waals surface area contributed by atoms with Gasteiger partial charge in [-0.3, -0.25) is 0 Å². The van der Waals surface area contributed by atoms with Gasteiger partial charge in [-0.15, -0.1) is 0 Å². The van der Waals surface area contributed by atoms with Gasteiger partial charge in [0, 0.05) is 0 Å². The molecule has 0 bridgehead atoms. The molecule has 0 aliphatic carbocycles. The third-order valence-electron chi connectivity index (χ3n) is 0. The summed E-state index contributed by atoms with van der Waals surface area (Å²) in [5, 5.41) is 50.0. The van der Waals surface area contributed by atoms with Gasteiger partial charge in [-0.05, 0) is 18.5 Å². The van der Waals surface area contributed by atoms with Crippen molar-refractivity contribution in [2.75, 3.05) is 0 Å². The van der Waals surface area contributed by atoms with Gasteiger partial charge in [0.15, 0.2) is 0 Å². The van der Waals surface area contributed by atoms with Crippen molar-refractivity contribution in [2.45, 2.75) is 0 Å². The molecule has 0 N–H and O–H groups in total. The fourth-order valence-electron chi connectivity index (χ4n) is 0. The fourth-order valence-corrected chi connectivity index (χ4v) is 0. The summed E-state index contributed by atoms with van der Waals surface area (Å²) in [5.74, 6) is 0. The Kier molecular flexibility index (Phi) is 47.5. The number of carbonyl (C=O) groups excluding carboxylic acids is 3. The van der Waals surface area contributed by atoms with Gasteiger partial charge in [0.05, 0.1) is 0 Å². The average Bonchev–Trinajstić information content (AvgIpc) is 1.54. The zero-order valence-corrected chi connectivity index (χ0v) is 9.30. The van der Waals surface area contributed by atoms with Gasteiger partial charge < -0.3 is 45.0 Å². The molecule has 11 heteroatoms. The van der Waals surface area contributed by atoms with Crippen LogP contribution in [0.3, 0.4) is 0 Å². The van der Waals surface area contributed by atoms with E-state index in [9.17, 15) is 0 Å². The van der Waals surface area contributed by atoms with Crippen molar-refractivity contribution in [1.29, 1.82) is 0 Å². The van der Waals surface area contributed by atoms with Crippen molar-refractivity contribution >= 4 is 18.5 Å². The van der Waals surface area contributed by atoms with Crippen LogP contribution < -0.4 is 30.6 Å². The Morgan fingerprint density at radius 3 is 0.500 bits per heavy atom. The molecule has 0 atom stereocenters. The summed E-state index contributed by atoms with van der Waals surface area (Å²) in [6, 6.07) is 0. The van der Waals surface area contributed by atoms with Crippen LogP contribution >= 0.6 is 0 Å². The van der Waals surface area contributed by atoms with E-state index < -0.39 is 18.5 Å². The first-order chi connectivity index (χ1) is 5.20. The SMILES string of the molecule is O=C([O-])[O-].O=C([O-])[O-].O=C([O-])[O-].[Ti+4].[Ti+4]. The van der Waals surface area contributed by atoms with Crippen molar-refractivity contribution in [3.8, 4) is 0 Å². The summed E-state index contributed by atoms with van der Waals surface area (Å²) in [7, 11) is 0. The number of rotatable bonds is 0. The monoisotopic (exact) mass is 276 g/mol. The van der Waals surface area contributed by atoms with Crippen LogP contribution in [0, 0.1) is 0 Å². The van der Waals surface area contributed by atoms with E-state index in [4.69, 9.17) is 45.0 Å². The molecule has 0 aliphatic rings. The van der Waals surface area contributed by atoms with Crippen LogP contribution in [0.25, 0.3) is 0 Å². The molecule has 9 nitrogen and oxygen atoms in total. The van der Waals surface area contributed by atoms with E-state index in [-0.39, 0.29) is 43.4 Å². The van der Waals surface area contributed by atoms with E-state index in [0.717, 1.165) is 0 Å². The normalized spacial score (nSPS) is 5.14. The van der Waals surface area contributed by atoms with E-state index in [1.54, 1.807) is 0 Å². The molecular formula is C3O9Ti2+2. The predicted octanol–water partition coefficient (Wildman–Crippen LogP) is -7.35. The third-order valence-corrected chi connectivity index (χ3v) is 0. The Labute approximate surface area is 107 Å². The van der Waals surface area contributed by atoms with Gasteiger partial charge in [-0.2, -0.15) is 0 Å². The van der Waals surface area contributed by atoms with E-state index >= 15 is 0 Å². The zero-order valence-electron chi connectivity index (χ0n) is 6.17. The quantitative estimate of drug-likeness (QED) is 0.386. The second kappa shape index (κ2) is 22.8. The first-order valence-electron chi connectivity index (χ1n) is 1.84. The summed E-state index contributed by atoms with van der Waals surface area (Å²) in [6.45, 7) is 0. The van der Waals surface area contributed by atoms with E-state index in [0.29, 0.717) is 0 Å². The summed E-state index contributed by atoms with van der Waals surface area (Å²) < 4.78 is 0. The minimum atomic E-state index is -2.33. The van der Waals surface area contributed by atoms with Crippen molar-refractivity contribution in [3.63, 3.8) is 0 Å². The number of hydrogen-bond acceptors (Lipinski definition) is 9. The summed E-state index contributed by atoms with van der Waals surface area (Å²) >= 11 is 0. The topological polar surface area (TPSA) is 190 Å². The molecule has 0 amide bonds. The minimum Gasteiger partial charge on any atom is -0.652 e. The molecule has 0 aromatic rings. The molecule has 72 valence electrons. The van der Waals surface area contributed by atoms with Crippen molar-refractivity contribution < 1.29 is 88.5 Å². The Bertz CT molecular complexity index is 116. The van der Waals surface area contributed by atoms with E-state index in [1.165, 1.54) is 0 Å². The summed E-state index contributed by atoms with van der Waals surface area (Å²) in [6.07, 6.45) is -7.00. The maximum absolute atomic E-state index is 8.33. The van der Waals surface area contributed by atoms with Crippen LogP contribution in [-0.2, 0) is 43.4 Å².